The monoisotopic (exact) mass is 294 g/mol. The topological polar surface area (TPSA) is 82.8 Å². The lowest BCUT2D eigenvalue weighted by atomic mass is 9.93. The van der Waals surface area contributed by atoms with Gasteiger partial charge in [-0.1, -0.05) is 6.92 Å². The number of hydrogen-bond acceptors (Lipinski definition) is 4. The van der Waals surface area contributed by atoms with Gasteiger partial charge in [0.25, 0.3) is 0 Å². The zero-order chi connectivity index (χ0) is 15.5. The number of furan rings is 1. The summed E-state index contributed by atoms with van der Waals surface area (Å²) in [5.74, 6) is -0.334. The molecule has 6 heteroatoms. The van der Waals surface area contributed by atoms with Crippen LogP contribution < -0.4 is 5.32 Å². The maximum atomic E-state index is 12.1. The van der Waals surface area contributed by atoms with Crippen LogP contribution in [0.5, 0.6) is 0 Å². The summed E-state index contributed by atoms with van der Waals surface area (Å²) < 4.78 is 5.24. The van der Waals surface area contributed by atoms with E-state index < -0.39 is 11.5 Å². The maximum Gasteiger partial charge on any atom is 0.324 e. The number of hydrogen-bond donors (Lipinski definition) is 2. The fraction of sp³-hybridized carbons (Fsp3) is 0.600. The Bertz CT molecular complexity index is 500. The van der Waals surface area contributed by atoms with Crippen LogP contribution in [0.25, 0.3) is 0 Å². The van der Waals surface area contributed by atoms with Crippen LogP contribution in [0, 0.1) is 0 Å². The van der Waals surface area contributed by atoms with Crippen molar-refractivity contribution >= 4 is 11.9 Å². The van der Waals surface area contributed by atoms with Crippen molar-refractivity contribution in [1.82, 2.24) is 10.2 Å². The van der Waals surface area contributed by atoms with E-state index in [2.05, 4.69) is 5.32 Å². The maximum absolute atomic E-state index is 12.1. The van der Waals surface area contributed by atoms with E-state index in [0.717, 1.165) is 6.42 Å². The molecule has 1 amide bonds. The summed E-state index contributed by atoms with van der Waals surface area (Å²) in [6.45, 7) is 4.44. The zero-order valence-electron chi connectivity index (χ0n) is 12.5. The first-order chi connectivity index (χ1) is 9.99. The van der Waals surface area contributed by atoms with Crippen LogP contribution >= 0.6 is 0 Å². The third-order valence-corrected chi connectivity index (χ3v) is 4.29. The lowest BCUT2D eigenvalue weighted by Gasteiger charge is -2.33. The molecule has 1 aromatic heterocycles. The molecule has 1 aliphatic heterocycles. The molecule has 0 radical (unpaired) electrons. The van der Waals surface area contributed by atoms with Gasteiger partial charge < -0.3 is 14.8 Å². The Balaban J connectivity index is 1.97. The first kappa shape index (κ1) is 15.6. The molecule has 0 aliphatic carbocycles. The van der Waals surface area contributed by atoms with Gasteiger partial charge in [0.2, 0.25) is 5.91 Å². The van der Waals surface area contributed by atoms with Crippen LogP contribution in [0.3, 0.4) is 0 Å². The average Bonchev–Trinajstić information content (AvgIpc) is 3.07. The summed E-state index contributed by atoms with van der Waals surface area (Å²) in [7, 11) is 0. The van der Waals surface area contributed by atoms with Crippen LogP contribution in [0.15, 0.2) is 22.8 Å². The molecule has 21 heavy (non-hydrogen) atoms. The minimum atomic E-state index is -0.898. The van der Waals surface area contributed by atoms with Crippen LogP contribution in [0.1, 0.15) is 44.9 Å². The Kier molecular flexibility index (Phi) is 4.67. The molecule has 0 spiro atoms. The third kappa shape index (κ3) is 3.10. The second-order valence-corrected chi connectivity index (χ2v) is 5.52. The highest BCUT2D eigenvalue weighted by atomic mass is 16.4. The van der Waals surface area contributed by atoms with Crippen molar-refractivity contribution < 1.29 is 19.1 Å². The SMILES string of the molecule is CCC1(C(=O)O)CCCN1CC(=O)NC(C)c1ccco1. The normalized spacial score (nSPS) is 23.9. The molecule has 1 aromatic rings. The molecular formula is C15H22N2O4. The molecule has 2 N–H and O–H groups in total. The van der Waals surface area contributed by atoms with Crippen molar-refractivity contribution in [3.05, 3.63) is 24.2 Å². The molecule has 0 saturated carbocycles. The summed E-state index contributed by atoms with van der Waals surface area (Å²) in [4.78, 5) is 25.5. The van der Waals surface area contributed by atoms with Crippen molar-refractivity contribution in [2.75, 3.05) is 13.1 Å². The largest absolute Gasteiger partial charge is 0.480 e. The highest BCUT2D eigenvalue weighted by Gasteiger charge is 2.46. The number of rotatable bonds is 6. The Morgan fingerprint density at radius 2 is 2.33 bits per heavy atom. The number of nitrogens with one attached hydrogen (secondary N) is 1. The molecule has 0 aromatic carbocycles. The van der Waals surface area contributed by atoms with E-state index in [4.69, 9.17) is 4.42 Å². The number of likely N-dealkylation sites (tertiary alicyclic amines) is 1. The van der Waals surface area contributed by atoms with Crippen molar-refractivity contribution in [2.24, 2.45) is 0 Å². The summed E-state index contributed by atoms with van der Waals surface area (Å²) in [6.07, 6.45) is 3.47. The number of amides is 1. The average molecular weight is 294 g/mol. The van der Waals surface area contributed by atoms with Gasteiger partial charge in [0.05, 0.1) is 18.8 Å². The predicted octanol–water partition coefficient (Wildman–Crippen LogP) is 1.79. The quantitative estimate of drug-likeness (QED) is 0.835. The molecule has 1 fully saturated rings. The van der Waals surface area contributed by atoms with Gasteiger partial charge in [-0.15, -0.1) is 0 Å². The summed E-state index contributed by atoms with van der Waals surface area (Å²) in [6, 6.07) is 3.34. The van der Waals surface area contributed by atoms with Gasteiger partial charge in [0.15, 0.2) is 0 Å². The number of carbonyl (C=O) groups excluding carboxylic acids is 1. The molecular weight excluding hydrogens is 272 g/mol. The van der Waals surface area contributed by atoms with E-state index in [0.29, 0.717) is 25.1 Å². The lowest BCUT2D eigenvalue weighted by molar-refractivity contribution is -0.150. The van der Waals surface area contributed by atoms with E-state index in [1.54, 1.807) is 23.3 Å². The Morgan fingerprint density at radius 3 is 2.90 bits per heavy atom. The van der Waals surface area contributed by atoms with Gasteiger partial charge in [-0.05, 0) is 44.9 Å². The van der Waals surface area contributed by atoms with E-state index in [-0.39, 0.29) is 18.5 Å². The van der Waals surface area contributed by atoms with Gasteiger partial charge in [-0.2, -0.15) is 0 Å². The van der Waals surface area contributed by atoms with Gasteiger partial charge >= 0.3 is 5.97 Å². The number of carboxylic acids is 1. The molecule has 116 valence electrons. The number of carbonyl (C=O) groups is 2. The smallest absolute Gasteiger partial charge is 0.324 e. The minimum absolute atomic E-state index is 0.102. The predicted molar refractivity (Wildman–Crippen MR) is 76.7 cm³/mol. The summed E-state index contributed by atoms with van der Waals surface area (Å²) in [5.41, 5.74) is -0.898. The van der Waals surface area contributed by atoms with Crippen molar-refractivity contribution in [2.45, 2.75) is 44.7 Å². The lowest BCUT2D eigenvalue weighted by Crippen LogP contribution is -2.53. The van der Waals surface area contributed by atoms with Crippen LogP contribution in [-0.4, -0.2) is 40.5 Å². The molecule has 2 atom stereocenters. The molecule has 1 aliphatic rings. The van der Waals surface area contributed by atoms with Crippen LogP contribution in [-0.2, 0) is 9.59 Å². The number of nitrogens with zero attached hydrogens (tertiary/aromatic N) is 1. The van der Waals surface area contributed by atoms with Crippen LogP contribution in [0.2, 0.25) is 0 Å². The van der Waals surface area contributed by atoms with E-state index in [1.165, 1.54) is 0 Å². The molecule has 2 unspecified atom stereocenters. The Hall–Kier alpha value is -1.82. The van der Waals surface area contributed by atoms with Gasteiger partial charge in [0, 0.05) is 0 Å². The van der Waals surface area contributed by atoms with Crippen molar-refractivity contribution in [3.8, 4) is 0 Å². The summed E-state index contributed by atoms with van der Waals surface area (Å²) in [5, 5.41) is 12.3. The highest BCUT2D eigenvalue weighted by Crippen LogP contribution is 2.32. The minimum Gasteiger partial charge on any atom is -0.480 e. The first-order valence-corrected chi connectivity index (χ1v) is 7.31. The number of carboxylic acid groups (broad SMARTS) is 1. The fourth-order valence-electron chi connectivity index (χ4n) is 3.03. The van der Waals surface area contributed by atoms with E-state index in [9.17, 15) is 14.7 Å². The third-order valence-electron chi connectivity index (χ3n) is 4.29. The second-order valence-electron chi connectivity index (χ2n) is 5.52. The fourth-order valence-corrected chi connectivity index (χ4v) is 3.03. The molecule has 1 saturated heterocycles. The van der Waals surface area contributed by atoms with Gasteiger partial charge in [0.1, 0.15) is 11.3 Å². The second kappa shape index (κ2) is 6.30. The summed E-state index contributed by atoms with van der Waals surface area (Å²) >= 11 is 0. The Morgan fingerprint density at radius 1 is 1.57 bits per heavy atom. The van der Waals surface area contributed by atoms with Gasteiger partial charge in [-0.25, -0.2) is 0 Å². The molecule has 6 nitrogen and oxygen atoms in total. The zero-order valence-corrected chi connectivity index (χ0v) is 12.5. The van der Waals surface area contributed by atoms with Gasteiger partial charge in [-0.3, -0.25) is 14.5 Å². The standard InChI is InChI=1S/C15H22N2O4/c1-3-15(14(19)20)7-5-8-17(15)10-13(18)16-11(2)12-6-4-9-21-12/h4,6,9,11H,3,5,7-8,10H2,1-2H3,(H,16,18)(H,19,20). The van der Waals surface area contributed by atoms with E-state index in [1.807, 2.05) is 13.8 Å². The molecule has 2 rings (SSSR count). The molecule has 0 bridgehead atoms. The highest BCUT2D eigenvalue weighted by molar-refractivity contribution is 5.82. The van der Waals surface area contributed by atoms with Crippen molar-refractivity contribution in [1.29, 1.82) is 0 Å². The van der Waals surface area contributed by atoms with Crippen LogP contribution in [0.4, 0.5) is 0 Å². The molecule has 2 heterocycles. The number of aliphatic carboxylic acids is 1. The van der Waals surface area contributed by atoms with E-state index >= 15 is 0 Å². The van der Waals surface area contributed by atoms with Crippen molar-refractivity contribution in [3.63, 3.8) is 0 Å². The first-order valence-electron chi connectivity index (χ1n) is 7.31. The Labute approximate surface area is 124 Å².